The Labute approximate surface area is 110 Å². The highest BCUT2D eigenvalue weighted by Gasteiger charge is 2.18. The van der Waals surface area contributed by atoms with Crippen LogP contribution in [0.2, 0.25) is 0 Å². The summed E-state index contributed by atoms with van der Waals surface area (Å²) in [6.45, 7) is 1.94. The number of benzene rings is 1. The highest BCUT2D eigenvalue weighted by Crippen LogP contribution is 2.24. The first-order chi connectivity index (χ1) is 7.89. The maximum Gasteiger partial charge on any atom is 0.241 e. The molecule has 0 unspecified atom stereocenters. The molecule has 0 aliphatic rings. The molecular weight excluding hydrogens is 308 g/mol. The Balaban J connectivity index is 3.10. The molecule has 0 aliphatic heterocycles. The van der Waals surface area contributed by atoms with E-state index in [2.05, 4.69) is 20.7 Å². The molecule has 0 radical (unpaired) electrons. The molecular formula is C10H15BrN2O3S. The van der Waals surface area contributed by atoms with Gasteiger partial charge in [-0.3, -0.25) is 0 Å². The van der Waals surface area contributed by atoms with Crippen LogP contribution in [0.15, 0.2) is 27.6 Å². The Morgan fingerprint density at radius 1 is 1.47 bits per heavy atom. The molecule has 0 saturated carbocycles. The van der Waals surface area contributed by atoms with Crippen LogP contribution in [0.1, 0.15) is 6.92 Å². The van der Waals surface area contributed by atoms with Crippen LogP contribution in [-0.2, 0) is 10.0 Å². The minimum absolute atomic E-state index is 0.143. The number of hydrogen-bond acceptors (Lipinski definition) is 4. The number of halogens is 1. The first-order valence-electron chi connectivity index (χ1n) is 4.96. The van der Waals surface area contributed by atoms with Gasteiger partial charge < -0.3 is 10.5 Å². The van der Waals surface area contributed by atoms with Gasteiger partial charge in [0.15, 0.2) is 0 Å². The monoisotopic (exact) mass is 322 g/mol. The third kappa shape index (κ3) is 3.95. The average molecular weight is 323 g/mol. The molecule has 1 aromatic carbocycles. The zero-order valence-corrected chi connectivity index (χ0v) is 12.0. The van der Waals surface area contributed by atoms with Gasteiger partial charge in [0.05, 0.1) is 12.0 Å². The largest absolute Gasteiger partial charge is 0.497 e. The first-order valence-corrected chi connectivity index (χ1v) is 7.23. The Bertz CT molecular complexity index is 490. The molecule has 96 valence electrons. The number of rotatable bonds is 5. The van der Waals surface area contributed by atoms with E-state index in [4.69, 9.17) is 10.5 Å². The molecule has 0 amide bonds. The molecule has 3 N–H and O–H groups in total. The minimum Gasteiger partial charge on any atom is -0.497 e. The zero-order valence-electron chi connectivity index (χ0n) is 9.60. The Morgan fingerprint density at radius 2 is 2.12 bits per heavy atom. The molecule has 0 fully saturated rings. The van der Waals surface area contributed by atoms with E-state index in [1.807, 2.05) is 0 Å². The molecule has 5 nitrogen and oxygen atoms in total. The van der Waals surface area contributed by atoms with E-state index in [0.717, 1.165) is 0 Å². The van der Waals surface area contributed by atoms with Gasteiger partial charge in [0, 0.05) is 23.1 Å². The molecule has 1 rings (SSSR count). The third-order valence-corrected chi connectivity index (χ3v) is 4.13. The summed E-state index contributed by atoms with van der Waals surface area (Å²) in [6.07, 6.45) is 0. The molecule has 0 aromatic heterocycles. The van der Waals surface area contributed by atoms with Crippen molar-refractivity contribution in [2.24, 2.45) is 5.73 Å². The third-order valence-electron chi connectivity index (χ3n) is 2.10. The second kappa shape index (κ2) is 5.81. The number of hydrogen-bond donors (Lipinski definition) is 2. The van der Waals surface area contributed by atoms with Gasteiger partial charge in [-0.25, -0.2) is 13.1 Å². The van der Waals surface area contributed by atoms with Gasteiger partial charge in [0.1, 0.15) is 5.75 Å². The number of nitrogens with two attached hydrogens (primary N) is 1. The van der Waals surface area contributed by atoms with E-state index in [-0.39, 0.29) is 17.5 Å². The van der Waals surface area contributed by atoms with Crippen molar-refractivity contribution in [3.05, 3.63) is 22.7 Å². The van der Waals surface area contributed by atoms with Crippen molar-refractivity contribution in [3.63, 3.8) is 0 Å². The van der Waals surface area contributed by atoms with E-state index in [1.165, 1.54) is 19.2 Å². The quantitative estimate of drug-likeness (QED) is 0.850. The molecule has 0 aliphatic carbocycles. The van der Waals surface area contributed by atoms with Crippen molar-refractivity contribution in [2.75, 3.05) is 13.7 Å². The smallest absolute Gasteiger partial charge is 0.241 e. The SMILES string of the molecule is COc1cc(Br)cc(S(=O)(=O)N[C@@H](C)CN)c1. The predicted molar refractivity (Wildman–Crippen MR) is 69.5 cm³/mol. The van der Waals surface area contributed by atoms with Crippen LogP contribution in [0.4, 0.5) is 0 Å². The van der Waals surface area contributed by atoms with Gasteiger partial charge in [0.2, 0.25) is 10.0 Å². The summed E-state index contributed by atoms with van der Waals surface area (Å²) >= 11 is 3.23. The van der Waals surface area contributed by atoms with Crippen molar-refractivity contribution in [2.45, 2.75) is 17.9 Å². The standard InChI is InChI=1S/C10H15BrN2O3S/c1-7(6-12)13-17(14,15)10-4-8(11)3-9(5-10)16-2/h3-5,7,13H,6,12H2,1-2H3/t7-/m0/s1. The fourth-order valence-corrected chi connectivity index (χ4v) is 3.13. The van der Waals surface area contributed by atoms with Crippen LogP contribution in [-0.4, -0.2) is 28.1 Å². The molecule has 1 atom stereocenters. The molecule has 0 spiro atoms. The number of ether oxygens (including phenoxy) is 1. The summed E-state index contributed by atoms with van der Waals surface area (Å²) in [4.78, 5) is 0.143. The lowest BCUT2D eigenvalue weighted by Crippen LogP contribution is -2.37. The summed E-state index contributed by atoms with van der Waals surface area (Å²) in [5.74, 6) is 0.472. The van der Waals surface area contributed by atoms with Crippen molar-refractivity contribution in [1.29, 1.82) is 0 Å². The second-order valence-corrected chi connectivity index (χ2v) is 6.21. The van der Waals surface area contributed by atoms with Gasteiger partial charge in [-0.1, -0.05) is 15.9 Å². The lowest BCUT2D eigenvalue weighted by atomic mass is 10.3. The van der Waals surface area contributed by atoms with Crippen molar-refractivity contribution in [1.82, 2.24) is 4.72 Å². The van der Waals surface area contributed by atoms with Crippen molar-refractivity contribution < 1.29 is 13.2 Å². The van der Waals surface area contributed by atoms with Crippen LogP contribution in [0.25, 0.3) is 0 Å². The highest BCUT2D eigenvalue weighted by atomic mass is 79.9. The molecule has 7 heteroatoms. The Kier molecular flexibility index (Phi) is 4.93. The van der Waals surface area contributed by atoms with E-state index in [1.54, 1.807) is 13.0 Å². The van der Waals surface area contributed by atoms with Gasteiger partial charge >= 0.3 is 0 Å². The lowest BCUT2D eigenvalue weighted by molar-refractivity contribution is 0.413. The Morgan fingerprint density at radius 3 is 2.65 bits per heavy atom. The number of methoxy groups -OCH3 is 1. The molecule has 17 heavy (non-hydrogen) atoms. The maximum atomic E-state index is 12.0. The van der Waals surface area contributed by atoms with Gasteiger partial charge in [-0.15, -0.1) is 0 Å². The summed E-state index contributed by atoms with van der Waals surface area (Å²) in [5.41, 5.74) is 5.38. The van der Waals surface area contributed by atoms with Crippen molar-refractivity contribution >= 4 is 26.0 Å². The maximum absolute atomic E-state index is 12.0. The highest BCUT2D eigenvalue weighted by molar-refractivity contribution is 9.10. The fourth-order valence-electron chi connectivity index (χ4n) is 1.19. The molecule has 0 saturated heterocycles. The Hall–Kier alpha value is -0.630. The van der Waals surface area contributed by atoms with E-state index >= 15 is 0 Å². The van der Waals surface area contributed by atoms with Crippen LogP contribution < -0.4 is 15.2 Å². The van der Waals surface area contributed by atoms with Crippen LogP contribution in [0.3, 0.4) is 0 Å². The number of sulfonamides is 1. The first kappa shape index (κ1) is 14.4. The summed E-state index contributed by atoms with van der Waals surface area (Å²) < 4.78 is 32.1. The topological polar surface area (TPSA) is 81.4 Å². The summed E-state index contributed by atoms with van der Waals surface area (Å²) in [7, 11) is -2.09. The van der Waals surface area contributed by atoms with Gasteiger partial charge in [-0.05, 0) is 19.1 Å². The zero-order chi connectivity index (χ0) is 13.1. The number of nitrogens with one attached hydrogen (secondary N) is 1. The normalized spacial score (nSPS) is 13.4. The van der Waals surface area contributed by atoms with Crippen LogP contribution >= 0.6 is 15.9 Å². The van der Waals surface area contributed by atoms with Crippen LogP contribution in [0, 0.1) is 0 Å². The lowest BCUT2D eigenvalue weighted by Gasteiger charge is -2.13. The van der Waals surface area contributed by atoms with Gasteiger partial charge in [0.25, 0.3) is 0 Å². The van der Waals surface area contributed by atoms with E-state index in [0.29, 0.717) is 10.2 Å². The fraction of sp³-hybridized carbons (Fsp3) is 0.400. The van der Waals surface area contributed by atoms with E-state index in [9.17, 15) is 8.42 Å². The van der Waals surface area contributed by atoms with Gasteiger partial charge in [-0.2, -0.15) is 0 Å². The second-order valence-electron chi connectivity index (χ2n) is 3.58. The molecule has 0 heterocycles. The van der Waals surface area contributed by atoms with Crippen LogP contribution in [0.5, 0.6) is 5.75 Å². The minimum atomic E-state index is -3.57. The molecule has 0 bridgehead atoms. The van der Waals surface area contributed by atoms with Crippen molar-refractivity contribution in [3.8, 4) is 5.75 Å². The summed E-state index contributed by atoms with van der Waals surface area (Å²) in [5, 5.41) is 0. The summed E-state index contributed by atoms with van der Waals surface area (Å²) in [6, 6.07) is 4.33. The molecule has 1 aromatic rings. The predicted octanol–water partition coefficient (Wildman–Crippen LogP) is 1.08. The average Bonchev–Trinajstić information content (AvgIpc) is 2.27. The van der Waals surface area contributed by atoms with E-state index < -0.39 is 10.0 Å².